The molecule has 1 aliphatic rings. The van der Waals surface area contributed by atoms with E-state index in [9.17, 15) is 0 Å². The third-order valence-corrected chi connectivity index (χ3v) is 3.29. The Morgan fingerprint density at radius 1 is 1.39 bits per heavy atom. The molecule has 0 aliphatic carbocycles. The van der Waals surface area contributed by atoms with Crippen LogP contribution in [0.5, 0.6) is 0 Å². The number of rotatable bonds is 3. The average molecular weight is 247 g/mol. The van der Waals surface area contributed by atoms with Crippen LogP contribution >= 0.6 is 0 Å². The monoisotopic (exact) mass is 247 g/mol. The normalized spacial score (nSPS) is 16.3. The molecule has 1 aromatic rings. The first-order chi connectivity index (χ1) is 8.47. The molecule has 0 spiro atoms. The molecule has 0 atom stereocenters. The molecule has 0 unspecified atom stereocenters. The maximum Gasteiger partial charge on any atom is 0.555 e. The number of nitrogens with one attached hydrogen (secondary N) is 1. The third kappa shape index (κ3) is 3.34. The van der Waals surface area contributed by atoms with Crippen LogP contribution in [-0.2, 0) is 21.3 Å². The summed E-state index contributed by atoms with van der Waals surface area (Å²) in [4.78, 5) is 0. The van der Waals surface area contributed by atoms with Crippen molar-refractivity contribution >= 4 is 7.25 Å². The molecule has 1 aliphatic heterocycles. The largest absolute Gasteiger partial charge is 0.555 e. The maximum atomic E-state index is 5.70. The zero-order valence-electron chi connectivity index (χ0n) is 11.7. The summed E-state index contributed by atoms with van der Waals surface area (Å²) >= 11 is 0. The predicted octanol–water partition coefficient (Wildman–Crippen LogP) is 2.41. The van der Waals surface area contributed by atoms with E-state index in [0.717, 1.165) is 13.2 Å². The summed E-state index contributed by atoms with van der Waals surface area (Å²) < 4.78 is 11.1. The van der Waals surface area contributed by atoms with Crippen molar-refractivity contribution in [1.82, 2.24) is 5.23 Å². The van der Waals surface area contributed by atoms with Gasteiger partial charge in [0.05, 0.1) is 6.61 Å². The summed E-state index contributed by atoms with van der Waals surface area (Å²) in [5, 5.41) is 3.15. The van der Waals surface area contributed by atoms with E-state index < -0.39 is 0 Å². The highest BCUT2D eigenvalue weighted by Crippen LogP contribution is 2.24. The minimum absolute atomic E-state index is 0.171. The molecule has 1 fully saturated rings. The first-order valence-electron chi connectivity index (χ1n) is 6.53. The zero-order valence-corrected chi connectivity index (χ0v) is 11.7. The fraction of sp³-hybridized carbons (Fsp3) is 0.571. The van der Waals surface area contributed by atoms with Gasteiger partial charge in [0.15, 0.2) is 0 Å². The van der Waals surface area contributed by atoms with Gasteiger partial charge in [-0.05, 0) is 29.0 Å². The highest BCUT2D eigenvalue weighted by Gasteiger charge is 2.24. The highest BCUT2D eigenvalue weighted by molar-refractivity contribution is 6.41. The zero-order chi connectivity index (χ0) is 13.2. The van der Waals surface area contributed by atoms with Gasteiger partial charge in [0.25, 0.3) is 0 Å². The van der Waals surface area contributed by atoms with Crippen LogP contribution in [0.1, 0.15) is 37.5 Å². The Kier molecular flexibility index (Phi) is 4.10. The second-order valence-electron chi connectivity index (χ2n) is 5.86. The number of benzene rings is 1. The first-order valence-corrected chi connectivity index (χ1v) is 6.53. The van der Waals surface area contributed by atoms with Crippen LogP contribution in [0.25, 0.3) is 0 Å². The van der Waals surface area contributed by atoms with Crippen molar-refractivity contribution in [3.8, 4) is 0 Å². The van der Waals surface area contributed by atoms with Gasteiger partial charge in [-0.15, -0.1) is 0 Å². The SMILES string of the molecule is Cc1ccc(C(C)(C)C)cc1COB1NCCO1. The second kappa shape index (κ2) is 5.43. The van der Waals surface area contributed by atoms with Crippen molar-refractivity contribution < 1.29 is 9.31 Å². The molecule has 0 saturated carbocycles. The van der Waals surface area contributed by atoms with Gasteiger partial charge in [0, 0.05) is 13.2 Å². The summed E-state index contributed by atoms with van der Waals surface area (Å²) in [6.07, 6.45) is 0. The summed E-state index contributed by atoms with van der Waals surface area (Å²) in [7, 11) is -0.248. The van der Waals surface area contributed by atoms with E-state index in [2.05, 4.69) is 51.1 Å². The molecular weight excluding hydrogens is 225 g/mol. The Morgan fingerprint density at radius 2 is 2.17 bits per heavy atom. The van der Waals surface area contributed by atoms with Crippen molar-refractivity contribution in [2.45, 2.75) is 39.7 Å². The minimum atomic E-state index is -0.248. The van der Waals surface area contributed by atoms with E-state index in [1.54, 1.807) is 0 Å². The van der Waals surface area contributed by atoms with Gasteiger partial charge in [0.1, 0.15) is 0 Å². The molecule has 0 aromatic heterocycles. The standard InChI is InChI=1S/C14H22BNO2/c1-11-5-6-13(14(2,3)4)9-12(11)10-18-15-16-7-8-17-15/h5-6,9,16H,7-8,10H2,1-4H3. The summed E-state index contributed by atoms with van der Waals surface area (Å²) in [5.41, 5.74) is 4.01. The molecule has 4 heteroatoms. The van der Waals surface area contributed by atoms with Crippen LogP contribution in [-0.4, -0.2) is 20.4 Å². The fourth-order valence-electron chi connectivity index (χ4n) is 1.97. The molecule has 3 nitrogen and oxygen atoms in total. The Labute approximate surface area is 110 Å². The van der Waals surface area contributed by atoms with Crippen molar-refractivity contribution in [3.05, 3.63) is 34.9 Å². The molecule has 0 amide bonds. The molecule has 18 heavy (non-hydrogen) atoms. The first kappa shape index (κ1) is 13.6. The molecule has 1 saturated heterocycles. The average Bonchev–Trinajstić information content (AvgIpc) is 2.79. The molecular formula is C14H22BNO2. The van der Waals surface area contributed by atoms with E-state index in [1.165, 1.54) is 16.7 Å². The number of hydrogen-bond donors (Lipinski definition) is 1. The van der Waals surface area contributed by atoms with Gasteiger partial charge in [-0.2, -0.15) is 0 Å². The van der Waals surface area contributed by atoms with Crippen molar-refractivity contribution in [2.24, 2.45) is 0 Å². The van der Waals surface area contributed by atoms with E-state index >= 15 is 0 Å². The van der Waals surface area contributed by atoms with E-state index in [1.807, 2.05) is 0 Å². The lowest BCUT2D eigenvalue weighted by atomic mass is 9.85. The fourth-order valence-corrected chi connectivity index (χ4v) is 1.97. The minimum Gasteiger partial charge on any atom is -0.396 e. The molecule has 1 aromatic carbocycles. The number of aryl methyl sites for hydroxylation is 1. The van der Waals surface area contributed by atoms with Crippen LogP contribution in [0.4, 0.5) is 0 Å². The lowest BCUT2D eigenvalue weighted by Crippen LogP contribution is -2.31. The van der Waals surface area contributed by atoms with E-state index in [-0.39, 0.29) is 12.7 Å². The van der Waals surface area contributed by atoms with Crippen molar-refractivity contribution in [2.75, 3.05) is 13.2 Å². The van der Waals surface area contributed by atoms with Gasteiger partial charge >= 0.3 is 7.25 Å². The Morgan fingerprint density at radius 3 is 2.78 bits per heavy atom. The lowest BCUT2D eigenvalue weighted by molar-refractivity contribution is 0.215. The molecule has 1 N–H and O–H groups in total. The third-order valence-electron chi connectivity index (χ3n) is 3.29. The molecule has 2 rings (SSSR count). The van der Waals surface area contributed by atoms with Crippen molar-refractivity contribution in [3.63, 3.8) is 0 Å². The summed E-state index contributed by atoms with van der Waals surface area (Å²) in [6.45, 7) is 11.0. The molecule has 0 bridgehead atoms. The maximum absolute atomic E-state index is 5.70. The highest BCUT2D eigenvalue weighted by atomic mass is 16.6. The summed E-state index contributed by atoms with van der Waals surface area (Å²) in [5.74, 6) is 0. The van der Waals surface area contributed by atoms with Gasteiger partial charge < -0.3 is 14.5 Å². The number of hydrogen-bond acceptors (Lipinski definition) is 3. The Balaban J connectivity index is 2.06. The lowest BCUT2D eigenvalue weighted by Gasteiger charge is -2.21. The van der Waals surface area contributed by atoms with Crippen LogP contribution < -0.4 is 5.23 Å². The molecule has 0 radical (unpaired) electrons. The van der Waals surface area contributed by atoms with E-state index in [4.69, 9.17) is 9.31 Å². The van der Waals surface area contributed by atoms with Crippen LogP contribution in [0.2, 0.25) is 0 Å². The van der Waals surface area contributed by atoms with Gasteiger partial charge in [-0.3, -0.25) is 0 Å². The molecule has 1 heterocycles. The smallest absolute Gasteiger partial charge is 0.396 e. The van der Waals surface area contributed by atoms with Crippen molar-refractivity contribution in [1.29, 1.82) is 0 Å². The quantitative estimate of drug-likeness (QED) is 0.832. The van der Waals surface area contributed by atoms with E-state index in [0.29, 0.717) is 6.61 Å². The summed E-state index contributed by atoms with van der Waals surface area (Å²) in [6, 6.07) is 6.61. The molecule has 98 valence electrons. The Bertz CT molecular complexity index is 409. The van der Waals surface area contributed by atoms with Crippen LogP contribution in [0, 0.1) is 6.92 Å². The van der Waals surface area contributed by atoms with Crippen LogP contribution in [0.3, 0.4) is 0 Å². The van der Waals surface area contributed by atoms with Gasteiger partial charge in [-0.1, -0.05) is 39.0 Å². The second-order valence-corrected chi connectivity index (χ2v) is 5.86. The van der Waals surface area contributed by atoms with Gasteiger partial charge in [-0.25, -0.2) is 0 Å². The van der Waals surface area contributed by atoms with Crippen LogP contribution in [0.15, 0.2) is 18.2 Å². The predicted molar refractivity (Wildman–Crippen MR) is 74.4 cm³/mol. The topological polar surface area (TPSA) is 30.5 Å². The Hall–Kier alpha value is -0.835. The van der Waals surface area contributed by atoms with Gasteiger partial charge in [0.2, 0.25) is 0 Å².